The van der Waals surface area contributed by atoms with Gasteiger partial charge in [0.05, 0.1) is 27.8 Å². The Morgan fingerprint density at radius 1 is 0.971 bits per heavy atom. The number of carboxylic acids is 1. The number of nitrogens with zero attached hydrogens (tertiary/aromatic N) is 1. The fraction of sp³-hybridized carbons (Fsp3) is 0.240. The summed E-state index contributed by atoms with van der Waals surface area (Å²) in [4.78, 5) is 11.2. The van der Waals surface area contributed by atoms with Crippen LogP contribution >= 0.6 is 0 Å². The molecule has 0 bridgehead atoms. The van der Waals surface area contributed by atoms with Gasteiger partial charge in [-0.3, -0.25) is 4.31 Å². The number of benzene rings is 3. The number of sulfonamides is 1. The van der Waals surface area contributed by atoms with Crippen LogP contribution in [0.15, 0.2) is 77.7 Å². The molecule has 0 aromatic heterocycles. The Morgan fingerprint density at radius 3 is 2.06 bits per heavy atom. The SMILES string of the molecule is CNC(c1ccc(C(=O)O)cc1)c1cc(C(F)(F)F)ccc1N(C(C)C)S(=O)(=O)c1ccccc1. The van der Waals surface area contributed by atoms with Gasteiger partial charge in [0.15, 0.2) is 0 Å². The molecule has 10 heteroatoms. The van der Waals surface area contributed by atoms with Gasteiger partial charge in [0.2, 0.25) is 0 Å². The molecule has 0 fully saturated rings. The van der Waals surface area contributed by atoms with Gasteiger partial charge in [0.1, 0.15) is 0 Å². The van der Waals surface area contributed by atoms with E-state index in [1.165, 1.54) is 43.4 Å². The molecule has 0 heterocycles. The summed E-state index contributed by atoms with van der Waals surface area (Å²) in [6.45, 7) is 3.27. The third kappa shape index (κ3) is 5.49. The number of carbonyl (C=O) groups is 1. The molecule has 3 rings (SSSR count). The van der Waals surface area contributed by atoms with Gasteiger partial charge in [-0.05, 0) is 74.5 Å². The molecule has 0 amide bonds. The van der Waals surface area contributed by atoms with Gasteiger partial charge in [-0.15, -0.1) is 0 Å². The normalized spacial score (nSPS) is 13.0. The van der Waals surface area contributed by atoms with E-state index in [9.17, 15) is 31.5 Å². The highest BCUT2D eigenvalue weighted by atomic mass is 32.2. The number of hydrogen-bond donors (Lipinski definition) is 2. The van der Waals surface area contributed by atoms with Crippen molar-refractivity contribution >= 4 is 21.7 Å². The van der Waals surface area contributed by atoms with Crippen molar-refractivity contribution in [3.8, 4) is 0 Å². The van der Waals surface area contributed by atoms with E-state index in [2.05, 4.69) is 5.32 Å². The maximum absolute atomic E-state index is 13.7. The van der Waals surface area contributed by atoms with E-state index in [1.807, 2.05) is 0 Å². The van der Waals surface area contributed by atoms with Crippen molar-refractivity contribution in [3.05, 3.63) is 95.1 Å². The molecule has 6 nitrogen and oxygen atoms in total. The Balaban J connectivity index is 2.27. The third-order valence-corrected chi connectivity index (χ3v) is 7.46. The van der Waals surface area contributed by atoms with Gasteiger partial charge in [-0.25, -0.2) is 13.2 Å². The van der Waals surface area contributed by atoms with E-state index >= 15 is 0 Å². The van der Waals surface area contributed by atoms with Gasteiger partial charge in [-0.2, -0.15) is 13.2 Å². The molecule has 2 N–H and O–H groups in total. The second-order valence-corrected chi connectivity index (χ2v) is 9.94. The fourth-order valence-electron chi connectivity index (χ4n) is 3.87. The van der Waals surface area contributed by atoms with E-state index in [4.69, 9.17) is 0 Å². The maximum atomic E-state index is 13.7. The number of rotatable bonds is 8. The Morgan fingerprint density at radius 2 is 1.57 bits per heavy atom. The summed E-state index contributed by atoms with van der Waals surface area (Å²) < 4.78 is 69.2. The van der Waals surface area contributed by atoms with E-state index in [1.54, 1.807) is 32.0 Å². The number of anilines is 1. The van der Waals surface area contributed by atoms with Crippen LogP contribution < -0.4 is 9.62 Å². The quantitative estimate of drug-likeness (QED) is 0.432. The van der Waals surface area contributed by atoms with Crippen molar-refractivity contribution in [1.29, 1.82) is 0 Å². The highest BCUT2D eigenvalue weighted by Crippen LogP contribution is 2.39. The number of nitrogens with one attached hydrogen (secondary N) is 1. The van der Waals surface area contributed by atoms with Crippen LogP contribution in [0.5, 0.6) is 0 Å². The first-order valence-corrected chi connectivity index (χ1v) is 12.1. The summed E-state index contributed by atoms with van der Waals surface area (Å²) >= 11 is 0. The number of carboxylic acid groups (broad SMARTS) is 1. The highest BCUT2D eigenvalue weighted by Gasteiger charge is 2.35. The molecular weight excluding hydrogens is 481 g/mol. The molecule has 1 atom stereocenters. The molecule has 1 unspecified atom stereocenters. The number of hydrogen-bond acceptors (Lipinski definition) is 4. The average molecular weight is 507 g/mol. The minimum absolute atomic E-state index is 0.00590. The molecule has 0 aliphatic rings. The largest absolute Gasteiger partial charge is 0.478 e. The van der Waals surface area contributed by atoms with Crippen LogP contribution in [0.25, 0.3) is 0 Å². The van der Waals surface area contributed by atoms with Gasteiger partial charge in [0, 0.05) is 6.04 Å². The Kier molecular flexibility index (Phi) is 7.56. The van der Waals surface area contributed by atoms with Crippen molar-refractivity contribution in [2.24, 2.45) is 0 Å². The monoisotopic (exact) mass is 506 g/mol. The van der Waals surface area contributed by atoms with Crippen LogP contribution in [0.2, 0.25) is 0 Å². The molecule has 186 valence electrons. The van der Waals surface area contributed by atoms with E-state index < -0.39 is 39.8 Å². The third-order valence-electron chi connectivity index (χ3n) is 5.45. The van der Waals surface area contributed by atoms with Crippen LogP contribution in [-0.2, 0) is 16.2 Å². The Bertz CT molecular complexity index is 1290. The van der Waals surface area contributed by atoms with Crippen molar-refractivity contribution in [2.45, 2.75) is 37.0 Å². The number of halogens is 3. The first-order valence-electron chi connectivity index (χ1n) is 10.7. The predicted octanol–water partition coefficient (Wildman–Crippen LogP) is 5.32. The zero-order valence-corrected chi connectivity index (χ0v) is 20.1. The Hall–Kier alpha value is -3.37. The standard InChI is InChI=1S/C25H25F3N2O4S/c1-16(2)30(35(33,34)20-7-5-4-6-8-20)22-14-13-19(25(26,27)28)15-21(22)23(29-3)17-9-11-18(12-10-17)24(31)32/h4-16,23,29H,1-3H3,(H,31,32). The first-order chi connectivity index (χ1) is 16.4. The molecular formula is C25H25F3N2O4S. The summed E-state index contributed by atoms with van der Waals surface area (Å²) in [5, 5.41) is 12.1. The van der Waals surface area contributed by atoms with Crippen molar-refractivity contribution in [1.82, 2.24) is 5.32 Å². The summed E-state index contributed by atoms with van der Waals surface area (Å²) in [5.74, 6) is -1.14. The summed E-state index contributed by atoms with van der Waals surface area (Å²) in [6, 6.07) is 14.8. The fourth-order valence-corrected chi connectivity index (χ4v) is 5.58. The lowest BCUT2D eigenvalue weighted by Gasteiger charge is -2.32. The molecule has 0 saturated carbocycles. The summed E-state index contributed by atoms with van der Waals surface area (Å²) in [7, 11) is -2.59. The smallest absolute Gasteiger partial charge is 0.416 e. The Labute approximate surface area is 202 Å². The van der Waals surface area contributed by atoms with E-state index in [0.29, 0.717) is 5.56 Å². The zero-order chi connectivity index (χ0) is 26.0. The second kappa shape index (κ2) is 10.1. The van der Waals surface area contributed by atoms with Crippen molar-refractivity contribution in [2.75, 3.05) is 11.4 Å². The lowest BCUT2D eigenvalue weighted by molar-refractivity contribution is -0.137. The van der Waals surface area contributed by atoms with Crippen LogP contribution in [0.4, 0.5) is 18.9 Å². The van der Waals surface area contributed by atoms with Gasteiger partial charge in [0.25, 0.3) is 10.0 Å². The number of aromatic carboxylic acids is 1. The maximum Gasteiger partial charge on any atom is 0.416 e. The minimum Gasteiger partial charge on any atom is -0.478 e. The van der Waals surface area contributed by atoms with Crippen molar-refractivity contribution < 1.29 is 31.5 Å². The van der Waals surface area contributed by atoms with Gasteiger partial charge < -0.3 is 10.4 Å². The van der Waals surface area contributed by atoms with Crippen molar-refractivity contribution in [3.63, 3.8) is 0 Å². The van der Waals surface area contributed by atoms with Crippen LogP contribution in [0.3, 0.4) is 0 Å². The van der Waals surface area contributed by atoms with E-state index in [-0.39, 0.29) is 21.7 Å². The molecule has 0 aliphatic heterocycles. The van der Waals surface area contributed by atoms with Gasteiger partial charge in [-0.1, -0.05) is 30.3 Å². The lowest BCUT2D eigenvalue weighted by atomic mass is 9.94. The van der Waals surface area contributed by atoms with E-state index in [0.717, 1.165) is 22.5 Å². The molecule has 3 aromatic rings. The first kappa shape index (κ1) is 26.2. The molecule has 3 aromatic carbocycles. The number of alkyl halides is 3. The summed E-state index contributed by atoms with van der Waals surface area (Å²) in [6.07, 6.45) is -4.65. The average Bonchev–Trinajstić information content (AvgIpc) is 2.80. The highest BCUT2D eigenvalue weighted by molar-refractivity contribution is 7.92. The molecule has 0 radical (unpaired) electrons. The minimum atomic E-state index is -4.65. The molecule has 0 saturated heterocycles. The lowest BCUT2D eigenvalue weighted by Crippen LogP contribution is -2.38. The van der Waals surface area contributed by atoms with Crippen LogP contribution in [0, 0.1) is 0 Å². The second-order valence-electron chi connectivity index (χ2n) is 8.13. The molecule has 35 heavy (non-hydrogen) atoms. The topological polar surface area (TPSA) is 86.7 Å². The van der Waals surface area contributed by atoms with Crippen LogP contribution in [-0.4, -0.2) is 32.6 Å². The molecule has 0 spiro atoms. The zero-order valence-electron chi connectivity index (χ0n) is 19.2. The summed E-state index contributed by atoms with van der Waals surface area (Å²) in [5.41, 5.74) is -0.279. The molecule has 0 aliphatic carbocycles. The van der Waals surface area contributed by atoms with Crippen LogP contribution in [0.1, 0.15) is 46.9 Å². The predicted molar refractivity (Wildman–Crippen MR) is 127 cm³/mol. The van der Waals surface area contributed by atoms with Gasteiger partial charge >= 0.3 is 12.1 Å².